The molecule has 1 aromatic heterocycles. The molecule has 1 aliphatic rings. The molecular formula is C20H25NO4S2. The van der Waals surface area contributed by atoms with Gasteiger partial charge in [-0.25, -0.2) is 8.42 Å². The van der Waals surface area contributed by atoms with Gasteiger partial charge in [0.05, 0.1) is 7.11 Å². The van der Waals surface area contributed by atoms with E-state index < -0.39 is 15.1 Å². The zero-order chi connectivity index (χ0) is 19.3. The van der Waals surface area contributed by atoms with Crippen molar-refractivity contribution in [3.05, 3.63) is 47.3 Å². The highest BCUT2D eigenvalue weighted by molar-refractivity contribution is 7.93. The lowest BCUT2D eigenvalue weighted by Crippen LogP contribution is -2.36. The molecule has 146 valence electrons. The Morgan fingerprint density at radius 1 is 1.19 bits per heavy atom. The van der Waals surface area contributed by atoms with Crippen molar-refractivity contribution < 1.29 is 17.9 Å². The lowest BCUT2D eigenvalue weighted by atomic mass is 9.88. The van der Waals surface area contributed by atoms with Crippen LogP contribution in [0.25, 0.3) is 0 Å². The van der Waals surface area contributed by atoms with E-state index in [1.807, 2.05) is 0 Å². The first-order valence-electron chi connectivity index (χ1n) is 9.21. The summed E-state index contributed by atoms with van der Waals surface area (Å²) in [5, 5.41) is 3.83. The highest BCUT2D eigenvalue weighted by Gasteiger charge is 2.31. The number of amides is 1. The Hall–Kier alpha value is -1.86. The molecule has 1 atom stereocenters. The van der Waals surface area contributed by atoms with Gasteiger partial charge >= 0.3 is 0 Å². The van der Waals surface area contributed by atoms with Crippen molar-refractivity contribution in [2.45, 2.75) is 41.6 Å². The third-order valence-corrected chi connectivity index (χ3v) is 8.61. The molecule has 1 saturated carbocycles. The van der Waals surface area contributed by atoms with Gasteiger partial charge in [0.15, 0.2) is 9.84 Å². The smallest absolute Gasteiger partial charge is 0.223 e. The first-order valence-corrected chi connectivity index (χ1v) is 11.6. The quantitative estimate of drug-likeness (QED) is 0.754. The van der Waals surface area contributed by atoms with E-state index in [1.54, 1.807) is 48.9 Å². The summed E-state index contributed by atoms with van der Waals surface area (Å²) in [6, 6.07) is 10.3. The number of nitrogens with one attached hydrogen (secondary N) is 1. The van der Waals surface area contributed by atoms with Crippen molar-refractivity contribution in [2.24, 2.45) is 5.92 Å². The van der Waals surface area contributed by atoms with Gasteiger partial charge in [0.25, 0.3) is 0 Å². The molecule has 1 N–H and O–H groups in total. The Morgan fingerprint density at radius 3 is 2.48 bits per heavy atom. The maximum Gasteiger partial charge on any atom is 0.223 e. The number of ether oxygens (including phenoxy) is 1. The summed E-state index contributed by atoms with van der Waals surface area (Å²) in [4.78, 5) is 12.5. The minimum atomic E-state index is -3.59. The number of carbonyl (C=O) groups is 1. The molecule has 7 heteroatoms. The van der Waals surface area contributed by atoms with E-state index in [4.69, 9.17) is 4.74 Å². The lowest BCUT2D eigenvalue weighted by molar-refractivity contribution is -0.125. The summed E-state index contributed by atoms with van der Waals surface area (Å²) in [6.07, 6.45) is 5.07. The second-order valence-electron chi connectivity index (χ2n) is 6.82. The van der Waals surface area contributed by atoms with E-state index in [1.165, 1.54) is 17.8 Å². The number of rotatable bonds is 7. The molecule has 1 heterocycles. The van der Waals surface area contributed by atoms with Gasteiger partial charge in [0, 0.05) is 12.5 Å². The molecule has 1 aliphatic carbocycles. The van der Waals surface area contributed by atoms with Gasteiger partial charge in [-0.05, 0) is 42.0 Å². The number of benzene rings is 1. The predicted molar refractivity (Wildman–Crippen MR) is 107 cm³/mol. The maximum absolute atomic E-state index is 13.2. The van der Waals surface area contributed by atoms with Crippen LogP contribution in [0.1, 0.15) is 42.9 Å². The number of sulfone groups is 1. The standard InChI is InChI=1S/C20H25NO4S2/c1-25-17-11-9-15(10-12-17)18(27(23,24)19-8-5-13-26-19)14-21-20(22)16-6-3-2-4-7-16/h5,8-13,16,18H,2-4,6-7,14H2,1H3,(H,21,22)/t18-/m1/s1. The molecule has 0 spiro atoms. The van der Waals surface area contributed by atoms with Gasteiger partial charge in [-0.2, -0.15) is 0 Å². The van der Waals surface area contributed by atoms with Gasteiger partial charge in [-0.15, -0.1) is 11.3 Å². The van der Waals surface area contributed by atoms with Gasteiger partial charge in [-0.1, -0.05) is 37.5 Å². The van der Waals surface area contributed by atoms with Crippen molar-refractivity contribution in [3.63, 3.8) is 0 Å². The Labute approximate surface area is 164 Å². The van der Waals surface area contributed by atoms with Crippen molar-refractivity contribution in [1.82, 2.24) is 5.32 Å². The van der Waals surface area contributed by atoms with Crippen LogP contribution < -0.4 is 10.1 Å². The minimum Gasteiger partial charge on any atom is -0.497 e. The number of methoxy groups -OCH3 is 1. The Balaban J connectivity index is 1.82. The third kappa shape index (κ3) is 4.71. The predicted octanol–water partition coefficient (Wildman–Crippen LogP) is 3.97. The van der Waals surface area contributed by atoms with Crippen LogP contribution in [0.4, 0.5) is 0 Å². The highest BCUT2D eigenvalue weighted by Crippen LogP contribution is 2.32. The number of thiophene rings is 1. The second kappa shape index (κ2) is 8.89. The number of hydrogen-bond donors (Lipinski definition) is 1. The zero-order valence-corrected chi connectivity index (χ0v) is 17.0. The third-order valence-electron chi connectivity index (χ3n) is 5.08. The SMILES string of the molecule is COc1ccc([C@@H](CNC(=O)C2CCCCC2)S(=O)(=O)c2cccs2)cc1. The lowest BCUT2D eigenvalue weighted by Gasteiger charge is -2.23. The largest absolute Gasteiger partial charge is 0.497 e. The van der Waals surface area contributed by atoms with Crippen LogP contribution in [0.2, 0.25) is 0 Å². The Morgan fingerprint density at radius 2 is 1.89 bits per heavy atom. The van der Waals surface area contributed by atoms with Gasteiger partial charge in [-0.3, -0.25) is 4.79 Å². The first-order chi connectivity index (χ1) is 13.0. The summed E-state index contributed by atoms with van der Waals surface area (Å²) in [5.41, 5.74) is 0.646. The van der Waals surface area contributed by atoms with E-state index in [9.17, 15) is 13.2 Å². The van der Waals surface area contributed by atoms with Gasteiger partial charge in [0.2, 0.25) is 5.91 Å². The molecule has 1 aromatic carbocycles. The molecule has 1 amide bonds. The fraction of sp³-hybridized carbons (Fsp3) is 0.450. The Bertz CT molecular complexity index is 839. The molecule has 3 rings (SSSR count). The fourth-order valence-corrected chi connectivity index (χ4v) is 6.36. The molecule has 1 fully saturated rings. The van der Waals surface area contributed by atoms with Gasteiger partial charge < -0.3 is 10.1 Å². The topological polar surface area (TPSA) is 72.5 Å². The summed E-state index contributed by atoms with van der Waals surface area (Å²) in [7, 11) is -2.03. The van der Waals surface area contributed by atoms with E-state index >= 15 is 0 Å². The number of carbonyl (C=O) groups excluding carboxylic acids is 1. The van der Waals surface area contributed by atoms with Crippen molar-refractivity contribution in [2.75, 3.05) is 13.7 Å². The van der Waals surface area contributed by atoms with Gasteiger partial charge in [0.1, 0.15) is 15.2 Å². The number of hydrogen-bond acceptors (Lipinski definition) is 5. The summed E-state index contributed by atoms with van der Waals surface area (Å²) < 4.78 is 31.8. The van der Waals surface area contributed by atoms with E-state index in [-0.39, 0.29) is 18.4 Å². The molecule has 27 heavy (non-hydrogen) atoms. The van der Waals surface area contributed by atoms with Crippen LogP contribution >= 0.6 is 11.3 Å². The molecular weight excluding hydrogens is 382 g/mol. The zero-order valence-electron chi connectivity index (χ0n) is 15.4. The molecule has 0 saturated heterocycles. The molecule has 0 bridgehead atoms. The average molecular weight is 408 g/mol. The Kier molecular flexibility index (Phi) is 6.55. The van der Waals surface area contributed by atoms with Crippen LogP contribution in [0, 0.1) is 5.92 Å². The first kappa shape index (κ1) is 19.9. The average Bonchev–Trinajstić information content (AvgIpc) is 3.25. The maximum atomic E-state index is 13.2. The molecule has 5 nitrogen and oxygen atoms in total. The van der Waals surface area contributed by atoms with E-state index in [0.29, 0.717) is 15.5 Å². The normalized spacial score (nSPS) is 16.6. The molecule has 0 unspecified atom stereocenters. The van der Waals surface area contributed by atoms with Crippen LogP contribution in [0.3, 0.4) is 0 Å². The minimum absolute atomic E-state index is 0.000269. The van der Waals surface area contributed by atoms with Crippen LogP contribution in [-0.2, 0) is 14.6 Å². The second-order valence-corrected chi connectivity index (χ2v) is 10.1. The van der Waals surface area contributed by atoms with Crippen LogP contribution in [0.15, 0.2) is 46.0 Å². The van der Waals surface area contributed by atoms with E-state index in [2.05, 4.69) is 5.32 Å². The van der Waals surface area contributed by atoms with Crippen LogP contribution in [0.5, 0.6) is 5.75 Å². The van der Waals surface area contributed by atoms with E-state index in [0.717, 1.165) is 25.7 Å². The van der Waals surface area contributed by atoms with Crippen LogP contribution in [-0.4, -0.2) is 28.0 Å². The summed E-state index contributed by atoms with van der Waals surface area (Å²) in [5.74, 6) is 0.631. The fourth-order valence-electron chi connectivity index (χ4n) is 3.49. The summed E-state index contributed by atoms with van der Waals surface area (Å²) >= 11 is 1.20. The molecule has 0 radical (unpaired) electrons. The monoisotopic (exact) mass is 407 g/mol. The van der Waals surface area contributed by atoms with Crippen molar-refractivity contribution >= 4 is 27.1 Å². The highest BCUT2D eigenvalue weighted by atomic mass is 32.2. The van der Waals surface area contributed by atoms with Crippen molar-refractivity contribution in [3.8, 4) is 5.75 Å². The summed E-state index contributed by atoms with van der Waals surface area (Å²) in [6.45, 7) is 0.0713. The molecule has 2 aromatic rings. The molecule has 0 aliphatic heterocycles. The van der Waals surface area contributed by atoms with Crippen molar-refractivity contribution in [1.29, 1.82) is 0 Å².